The van der Waals surface area contributed by atoms with Crippen molar-refractivity contribution in [1.29, 1.82) is 0 Å². The lowest BCUT2D eigenvalue weighted by molar-refractivity contribution is -0.139. The second-order valence-corrected chi connectivity index (χ2v) is 8.29. The summed E-state index contributed by atoms with van der Waals surface area (Å²) in [6.45, 7) is 2.05. The minimum Gasteiger partial charge on any atom is -0.480 e. The molecule has 0 saturated carbocycles. The number of carbonyl (C=O) groups excluding carboxylic acids is 1. The summed E-state index contributed by atoms with van der Waals surface area (Å²) >= 11 is 0. The van der Waals surface area contributed by atoms with Crippen LogP contribution < -0.4 is 5.32 Å². The summed E-state index contributed by atoms with van der Waals surface area (Å²) in [4.78, 5) is 31.8. The molecule has 4 aromatic rings. The number of carboxylic acids is 1. The standard InChI is InChI=1S/C26H23N3O4/c1-15-10-21-16(13-28-24(21)27-12-15)11-23(25(30)31)29-26(32)33-14-22-19-8-4-2-6-17(19)18-7-3-5-9-20(18)22/h2-10,12-13,22-23H,11,14H2,1H3,(H,27,28)(H,29,32)(H,30,31)/t23-/m0/s1. The number of fused-ring (bicyclic) bond motifs is 4. The first-order valence-electron chi connectivity index (χ1n) is 10.8. The van der Waals surface area contributed by atoms with Crippen molar-refractivity contribution in [1.82, 2.24) is 15.3 Å². The fourth-order valence-corrected chi connectivity index (χ4v) is 4.53. The van der Waals surface area contributed by atoms with E-state index >= 15 is 0 Å². The number of carbonyl (C=O) groups is 2. The number of carboxylic acid groups (broad SMARTS) is 1. The number of nitrogens with zero attached hydrogens (tertiary/aromatic N) is 1. The molecule has 7 heteroatoms. The lowest BCUT2D eigenvalue weighted by Crippen LogP contribution is -2.42. The molecule has 7 nitrogen and oxygen atoms in total. The number of aromatic amines is 1. The molecule has 2 aromatic carbocycles. The number of alkyl carbamates (subject to hydrolysis) is 1. The van der Waals surface area contributed by atoms with Gasteiger partial charge in [0, 0.05) is 30.1 Å². The van der Waals surface area contributed by atoms with Crippen LogP contribution in [0.2, 0.25) is 0 Å². The SMILES string of the molecule is Cc1cnc2[nH]cc(C[C@H](NC(=O)OCC3c4ccccc4-c4ccccc43)C(=O)O)c2c1. The molecule has 1 aliphatic carbocycles. The third-order valence-corrected chi connectivity index (χ3v) is 6.11. The first-order chi connectivity index (χ1) is 16.0. The lowest BCUT2D eigenvalue weighted by atomic mass is 9.98. The van der Waals surface area contributed by atoms with E-state index < -0.39 is 18.1 Å². The highest BCUT2D eigenvalue weighted by molar-refractivity contribution is 5.84. The highest BCUT2D eigenvalue weighted by atomic mass is 16.5. The van der Waals surface area contributed by atoms with Crippen LogP contribution in [0.15, 0.2) is 67.0 Å². The molecule has 0 aliphatic heterocycles. The molecule has 1 amide bonds. The van der Waals surface area contributed by atoms with Crippen molar-refractivity contribution in [3.63, 3.8) is 0 Å². The van der Waals surface area contributed by atoms with Gasteiger partial charge in [-0.25, -0.2) is 14.6 Å². The monoisotopic (exact) mass is 441 g/mol. The fourth-order valence-electron chi connectivity index (χ4n) is 4.53. The molecule has 0 saturated heterocycles. The molecule has 2 heterocycles. The van der Waals surface area contributed by atoms with Crippen LogP contribution in [0.1, 0.15) is 28.2 Å². The molecular formula is C26H23N3O4. The van der Waals surface area contributed by atoms with Gasteiger partial charge < -0.3 is 20.1 Å². The molecule has 0 radical (unpaired) electrons. The Morgan fingerprint density at radius 1 is 1.12 bits per heavy atom. The minimum absolute atomic E-state index is 0.0888. The van der Waals surface area contributed by atoms with Gasteiger partial charge in [0.05, 0.1) is 0 Å². The number of rotatable bonds is 6. The number of benzene rings is 2. The highest BCUT2D eigenvalue weighted by Crippen LogP contribution is 2.44. The number of hydrogen-bond donors (Lipinski definition) is 3. The van der Waals surface area contributed by atoms with Crippen molar-refractivity contribution in [3.05, 3.63) is 89.2 Å². The minimum atomic E-state index is -1.13. The van der Waals surface area contributed by atoms with Gasteiger partial charge in [0.1, 0.15) is 18.3 Å². The van der Waals surface area contributed by atoms with Crippen molar-refractivity contribution >= 4 is 23.1 Å². The third-order valence-electron chi connectivity index (χ3n) is 6.11. The Hall–Kier alpha value is -4.13. The van der Waals surface area contributed by atoms with Crippen LogP contribution in [0.25, 0.3) is 22.2 Å². The summed E-state index contributed by atoms with van der Waals surface area (Å²) in [6, 6.07) is 16.9. The Balaban J connectivity index is 1.29. The molecular weight excluding hydrogens is 418 g/mol. The summed E-state index contributed by atoms with van der Waals surface area (Å²) in [5.74, 6) is -1.22. The average molecular weight is 441 g/mol. The Morgan fingerprint density at radius 3 is 2.45 bits per heavy atom. The van der Waals surface area contributed by atoms with E-state index in [0.717, 1.165) is 38.8 Å². The number of pyridine rings is 1. The van der Waals surface area contributed by atoms with Gasteiger partial charge in [-0.05, 0) is 46.4 Å². The maximum absolute atomic E-state index is 12.6. The van der Waals surface area contributed by atoms with Gasteiger partial charge in [0.25, 0.3) is 0 Å². The van der Waals surface area contributed by atoms with Crippen LogP contribution in [-0.2, 0) is 16.0 Å². The van der Waals surface area contributed by atoms with Crippen LogP contribution in [0.5, 0.6) is 0 Å². The van der Waals surface area contributed by atoms with Gasteiger partial charge in [0.15, 0.2) is 0 Å². The van der Waals surface area contributed by atoms with E-state index in [-0.39, 0.29) is 18.9 Å². The van der Waals surface area contributed by atoms with Crippen LogP contribution in [-0.4, -0.2) is 39.8 Å². The van der Waals surface area contributed by atoms with E-state index in [1.807, 2.05) is 49.4 Å². The van der Waals surface area contributed by atoms with Gasteiger partial charge in [-0.15, -0.1) is 0 Å². The van der Waals surface area contributed by atoms with Crippen molar-refractivity contribution in [2.75, 3.05) is 6.61 Å². The molecule has 5 rings (SSSR count). The van der Waals surface area contributed by atoms with E-state index in [9.17, 15) is 14.7 Å². The van der Waals surface area contributed by atoms with Gasteiger partial charge in [0.2, 0.25) is 0 Å². The smallest absolute Gasteiger partial charge is 0.407 e. The number of H-pyrrole nitrogens is 1. The van der Waals surface area contributed by atoms with Crippen LogP contribution >= 0.6 is 0 Å². The van der Waals surface area contributed by atoms with Crippen molar-refractivity contribution in [2.24, 2.45) is 0 Å². The maximum atomic E-state index is 12.6. The quantitative estimate of drug-likeness (QED) is 0.411. The second-order valence-electron chi connectivity index (χ2n) is 8.29. The topological polar surface area (TPSA) is 104 Å². The number of nitrogens with one attached hydrogen (secondary N) is 2. The second kappa shape index (κ2) is 8.43. The Bertz CT molecular complexity index is 1320. The van der Waals surface area contributed by atoms with Crippen LogP contribution in [0.4, 0.5) is 4.79 Å². The van der Waals surface area contributed by atoms with Crippen molar-refractivity contribution < 1.29 is 19.4 Å². The first-order valence-corrected chi connectivity index (χ1v) is 10.8. The van der Waals surface area contributed by atoms with Crippen LogP contribution in [0.3, 0.4) is 0 Å². The number of amides is 1. The summed E-state index contributed by atoms with van der Waals surface area (Å²) in [7, 11) is 0. The molecule has 1 aliphatic rings. The van der Waals surface area contributed by atoms with Gasteiger partial charge in [-0.2, -0.15) is 0 Å². The van der Waals surface area contributed by atoms with Crippen molar-refractivity contribution in [3.8, 4) is 11.1 Å². The van der Waals surface area contributed by atoms with Gasteiger partial charge in [-0.3, -0.25) is 0 Å². The number of ether oxygens (including phenoxy) is 1. The summed E-state index contributed by atoms with van der Waals surface area (Å²) in [6.07, 6.45) is 2.84. The summed E-state index contributed by atoms with van der Waals surface area (Å²) in [5, 5.41) is 13.0. The lowest BCUT2D eigenvalue weighted by Gasteiger charge is -2.17. The molecule has 0 spiro atoms. The van der Waals surface area contributed by atoms with E-state index in [1.165, 1.54) is 0 Å². The summed E-state index contributed by atoms with van der Waals surface area (Å²) < 4.78 is 5.51. The maximum Gasteiger partial charge on any atom is 0.407 e. The van der Waals surface area contributed by atoms with Crippen molar-refractivity contribution in [2.45, 2.75) is 25.3 Å². The number of hydrogen-bond acceptors (Lipinski definition) is 4. The molecule has 3 N–H and O–H groups in total. The molecule has 0 bridgehead atoms. The molecule has 2 aromatic heterocycles. The van der Waals surface area contributed by atoms with Gasteiger partial charge in [-0.1, -0.05) is 48.5 Å². The number of aromatic nitrogens is 2. The predicted molar refractivity (Wildman–Crippen MR) is 124 cm³/mol. The van der Waals surface area contributed by atoms with Crippen LogP contribution in [0, 0.1) is 6.92 Å². The average Bonchev–Trinajstić information content (AvgIpc) is 3.35. The molecule has 0 fully saturated rings. The molecule has 0 unspecified atom stereocenters. The molecule has 166 valence electrons. The first kappa shape index (κ1) is 20.8. The zero-order valence-corrected chi connectivity index (χ0v) is 18.0. The Kier molecular flexibility index (Phi) is 5.30. The van der Waals surface area contributed by atoms with E-state index in [2.05, 4.69) is 27.4 Å². The Morgan fingerprint density at radius 2 is 1.79 bits per heavy atom. The van der Waals surface area contributed by atoms with E-state index in [0.29, 0.717) is 5.65 Å². The molecule has 33 heavy (non-hydrogen) atoms. The fraction of sp³-hybridized carbons (Fsp3) is 0.192. The third kappa shape index (κ3) is 3.93. The normalized spacial score (nSPS) is 13.4. The van der Waals surface area contributed by atoms with E-state index in [4.69, 9.17) is 4.74 Å². The highest BCUT2D eigenvalue weighted by Gasteiger charge is 2.30. The zero-order valence-electron chi connectivity index (χ0n) is 18.0. The summed E-state index contributed by atoms with van der Waals surface area (Å²) in [5.41, 5.74) is 6.89. The largest absolute Gasteiger partial charge is 0.480 e. The number of aliphatic carboxylic acids is 1. The predicted octanol–water partition coefficient (Wildman–Crippen LogP) is 4.41. The Labute approximate surface area is 190 Å². The van der Waals surface area contributed by atoms with Gasteiger partial charge >= 0.3 is 12.1 Å². The number of aryl methyl sites for hydroxylation is 1. The van der Waals surface area contributed by atoms with E-state index in [1.54, 1.807) is 12.4 Å². The zero-order chi connectivity index (χ0) is 22.9. The molecule has 1 atom stereocenters.